The summed E-state index contributed by atoms with van der Waals surface area (Å²) in [5.74, 6) is 1.04. The minimum atomic E-state index is -0.0914. The highest BCUT2D eigenvalue weighted by Gasteiger charge is 2.36. The van der Waals surface area contributed by atoms with Gasteiger partial charge in [0.15, 0.2) is 0 Å². The lowest BCUT2D eigenvalue weighted by molar-refractivity contribution is 0.0398. The van der Waals surface area contributed by atoms with Crippen LogP contribution in [0, 0.1) is 6.92 Å². The Morgan fingerprint density at radius 3 is 2.84 bits per heavy atom. The SMILES string of the molecule is Cc1ccc2c(c1)OC1(C=C2)CCN(CCN)CC1. The lowest BCUT2D eigenvalue weighted by atomic mass is 9.88. The topological polar surface area (TPSA) is 38.5 Å². The summed E-state index contributed by atoms with van der Waals surface area (Å²) in [6.07, 6.45) is 6.58. The normalized spacial score (nSPS) is 21.2. The van der Waals surface area contributed by atoms with Crippen LogP contribution in [0.25, 0.3) is 6.08 Å². The number of nitrogens with two attached hydrogens (primary N) is 1. The van der Waals surface area contributed by atoms with Crippen molar-refractivity contribution >= 4 is 6.08 Å². The van der Waals surface area contributed by atoms with Crippen molar-refractivity contribution in [2.75, 3.05) is 26.2 Å². The van der Waals surface area contributed by atoms with Gasteiger partial charge in [0.25, 0.3) is 0 Å². The van der Waals surface area contributed by atoms with E-state index in [1.54, 1.807) is 0 Å². The third-order valence-corrected chi connectivity index (χ3v) is 4.20. The number of hydrogen-bond acceptors (Lipinski definition) is 3. The fraction of sp³-hybridized carbons (Fsp3) is 0.500. The van der Waals surface area contributed by atoms with Crippen LogP contribution in [-0.2, 0) is 0 Å². The largest absolute Gasteiger partial charge is 0.482 e. The number of piperidine rings is 1. The first kappa shape index (κ1) is 12.7. The molecular formula is C16H22N2O. The van der Waals surface area contributed by atoms with Gasteiger partial charge in [-0.05, 0) is 24.6 Å². The van der Waals surface area contributed by atoms with Crippen molar-refractivity contribution < 1.29 is 4.74 Å². The predicted molar refractivity (Wildman–Crippen MR) is 78.3 cm³/mol. The summed E-state index contributed by atoms with van der Waals surface area (Å²) in [6.45, 7) is 5.99. The van der Waals surface area contributed by atoms with Crippen LogP contribution >= 0.6 is 0 Å². The van der Waals surface area contributed by atoms with Crippen LogP contribution in [0.15, 0.2) is 24.3 Å². The van der Waals surface area contributed by atoms with E-state index in [0.29, 0.717) is 0 Å². The maximum atomic E-state index is 6.32. The van der Waals surface area contributed by atoms with Crippen LogP contribution in [0.5, 0.6) is 5.75 Å². The second-order valence-electron chi connectivity index (χ2n) is 5.67. The fourth-order valence-corrected chi connectivity index (χ4v) is 2.97. The van der Waals surface area contributed by atoms with Gasteiger partial charge < -0.3 is 15.4 Å². The monoisotopic (exact) mass is 258 g/mol. The Morgan fingerprint density at radius 1 is 1.32 bits per heavy atom. The Labute approximate surface area is 115 Å². The van der Waals surface area contributed by atoms with E-state index in [1.807, 2.05) is 0 Å². The fourth-order valence-electron chi connectivity index (χ4n) is 2.97. The van der Waals surface area contributed by atoms with Crippen LogP contribution in [-0.4, -0.2) is 36.7 Å². The molecule has 0 radical (unpaired) electrons. The van der Waals surface area contributed by atoms with Crippen molar-refractivity contribution in [3.63, 3.8) is 0 Å². The third kappa shape index (κ3) is 2.53. The van der Waals surface area contributed by atoms with Gasteiger partial charge in [-0.2, -0.15) is 0 Å². The standard InChI is InChI=1S/C16H22N2O/c1-13-2-3-14-4-5-16(19-15(14)12-13)6-9-18(10-7-16)11-8-17/h2-5,12H,6-11,17H2,1H3. The molecule has 1 aromatic rings. The van der Waals surface area contributed by atoms with Crippen LogP contribution in [0.4, 0.5) is 0 Å². The summed E-state index contributed by atoms with van der Waals surface area (Å²) in [4.78, 5) is 2.42. The molecule has 0 amide bonds. The van der Waals surface area contributed by atoms with Gasteiger partial charge in [0.05, 0.1) is 0 Å². The molecule has 0 aromatic heterocycles. The molecule has 0 aliphatic carbocycles. The molecule has 102 valence electrons. The Kier molecular flexibility index (Phi) is 3.33. The molecule has 1 aromatic carbocycles. The summed E-state index contributed by atoms with van der Waals surface area (Å²) in [7, 11) is 0. The highest BCUT2D eigenvalue weighted by Crippen LogP contribution is 2.37. The molecule has 3 nitrogen and oxygen atoms in total. The first-order chi connectivity index (χ1) is 9.21. The van der Waals surface area contributed by atoms with E-state index in [2.05, 4.69) is 42.2 Å². The highest BCUT2D eigenvalue weighted by molar-refractivity contribution is 5.61. The van der Waals surface area contributed by atoms with Gasteiger partial charge in [0, 0.05) is 44.6 Å². The molecule has 2 heterocycles. The maximum Gasteiger partial charge on any atom is 0.130 e. The lowest BCUT2D eigenvalue weighted by Gasteiger charge is -2.42. The van der Waals surface area contributed by atoms with Gasteiger partial charge >= 0.3 is 0 Å². The van der Waals surface area contributed by atoms with Crippen molar-refractivity contribution in [2.45, 2.75) is 25.4 Å². The molecule has 3 rings (SSSR count). The second-order valence-corrected chi connectivity index (χ2v) is 5.67. The Balaban J connectivity index is 1.75. The number of hydrogen-bond donors (Lipinski definition) is 1. The molecule has 0 saturated carbocycles. The zero-order valence-corrected chi connectivity index (χ0v) is 11.6. The smallest absolute Gasteiger partial charge is 0.130 e. The van der Waals surface area contributed by atoms with Crippen LogP contribution < -0.4 is 10.5 Å². The molecule has 1 saturated heterocycles. The maximum absolute atomic E-state index is 6.32. The average molecular weight is 258 g/mol. The zero-order valence-electron chi connectivity index (χ0n) is 11.6. The number of nitrogens with zero attached hydrogens (tertiary/aromatic N) is 1. The molecule has 2 aliphatic rings. The van der Waals surface area contributed by atoms with Gasteiger partial charge in [-0.3, -0.25) is 0 Å². The van der Waals surface area contributed by atoms with Gasteiger partial charge in [0.2, 0.25) is 0 Å². The Hall–Kier alpha value is -1.32. The van der Waals surface area contributed by atoms with E-state index in [-0.39, 0.29) is 5.60 Å². The van der Waals surface area contributed by atoms with Crippen LogP contribution in [0.2, 0.25) is 0 Å². The predicted octanol–water partition coefficient (Wildman–Crippen LogP) is 2.19. The van der Waals surface area contributed by atoms with Crippen LogP contribution in [0.1, 0.15) is 24.0 Å². The molecule has 1 fully saturated rings. The number of fused-ring (bicyclic) bond motifs is 1. The summed E-state index contributed by atoms with van der Waals surface area (Å²) in [6, 6.07) is 6.42. The molecule has 0 bridgehead atoms. The Morgan fingerprint density at radius 2 is 2.11 bits per heavy atom. The number of benzene rings is 1. The Bertz CT molecular complexity index is 488. The molecule has 19 heavy (non-hydrogen) atoms. The van der Waals surface area contributed by atoms with E-state index in [0.717, 1.165) is 44.8 Å². The zero-order chi connectivity index (χ0) is 13.3. The minimum absolute atomic E-state index is 0.0914. The van der Waals surface area contributed by atoms with E-state index in [4.69, 9.17) is 10.5 Å². The van der Waals surface area contributed by atoms with E-state index in [1.165, 1.54) is 11.1 Å². The molecule has 3 heteroatoms. The third-order valence-electron chi connectivity index (χ3n) is 4.20. The lowest BCUT2D eigenvalue weighted by Crippen LogP contribution is -2.48. The molecule has 0 unspecified atom stereocenters. The van der Waals surface area contributed by atoms with Crippen molar-refractivity contribution in [1.82, 2.24) is 4.90 Å². The van der Waals surface area contributed by atoms with Crippen molar-refractivity contribution in [3.8, 4) is 5.75 Å². The van der Waals surface area contributed by atoms with Gasteiger partial charge in [-0.15, -0.1) is 0 Å². The van der Waals surface area contributed by atoms with Crippen LogP contribution in [0.3, 0.4) is 0 Å². The number of aryl methyl sites for hydroxylation is 1. The minimum Gasteiger partial charge on any atom is -0.482 e. The molecule has 1 spiro atoms. The number of ether oxygens (including phenoxy) is 1. The van der Waals surface area contributed by atoms with Crippen molar-refractivity contribution in [2.24, 2.45) is 5.73 Å². The van der Waals surface area contributed by atoms with Crippen molar-refractivity contribution in [1.29, 1.82) is 0 Å². The van der Waals surface area contributed by atoms with E-state index >= 15 is 0 Å². The number of likely N-dealkylation sites (tertiary alicyclic amines) is 1. The van der Waals surface area contributed by atoms with E-state index in [9.17, 15) is 0 Å². The van der Waals surface area contributed by atoms with E-state index < -0.39 is 0 Å². The van der Waals surface area contributed by atoms with Gasteiger partial charge in [0.1, 0.15) is 11.4 Å². The number of rotatable bonds is 2. The average Bonchev–Trinajstić information content (AvgIpc) is 2.41. The summed E-state index contributed by atoms with van der Waals surface area (Å²) < 4.78 is 6.32. The molecular weight excluding hydrogens is 236 g/mol. The summed E-state index contributed by atoms with van der Waals surface area (Å²) >= 11 is 0. The molecule has 0 atom stereocenters. The molecule has 2 aliphatic heterocycles. The van der Waals surface area contributed by atoms with Crippen molar-refractivity contribution in [3.05, 3.63) is 35.4 Å². The van der Waals surface area contributed by atoms with Gasteiger partial charge in [-0.25, -0.2) is 0 Å². The quantitative estimate of drug-likeness (QED) is 0.883. The summed E-state index contributed by atoms with van der Waals surface area (Å²) in [5, 5.41) is 0. The first-order valence-corrected chi connectivity index (χ1v) is 7.12. The first-order valence-electron chi connectivity index (χ1n) is 7.12. The van der Waals surface area contributed by atoms with Gasteiger partial charge in [-0.1, -0.05) is 18.2 Å². The second kappa shape index (κ2) is 4.99. The summed E-state index contributed by atoms with van der Waals surface area (Å²) in [5.41, 5.74) is 7.98. The highest BCUT2D eigenvalue weighted by atomic mass is 16.5. The molecule has 2 N–H and O–H groups in total.